The van der Waals surface area contributed by atoms with Crippen LogP contribution >= 0.6 is 11.6 Å². The van der Waals surface area contributed by atoms with E-state index in [1.54, 1.807) is 12.1 Å². The van der Waals surface area contributed by atoms with Crippen LogP contribution in [0.1, 0.15) is 18.1 Å². The van der Waals surface area contributed by atoms with Crippen LogP contribution in [0.2, 0.25) is 5.15 Å². The third kappa shape index (κ3) is 2.35. The molecule has 1 aliphatic heterocycles. The van der Waals surface area contributed by atoms with E-state index in [2.05, 4.69) is 41.1 Å². The molecule has 1 unspecified atom stereocenters. The number of nitriles is 1. The van der Waals surface area contributed by atoms with Gasteiger partial charge in [0.1, 0.15) is 11.0 Å². The predicted octanol–water partition coefficient (Wildman–Crippen LogP) is 3.94. The van der Waals surface area contributed by atoms with Crippen molar-refractivity contribution in [1.29, 1.82) is 5.26 Å². The lowest BCUT2D eigenvalue weighted by molar-refractivity contribution is 0.560. The number of rotatable bonds is 1. The van der Waals surface area contributed by atoms with E-state index in [-0.39, 0.29) is 0 Å². The molecule has 100 valence electrons. The third-order valence-corrected chi connectivity index (χ3v) is 3.72. The van der Waals surface area contributed by atoms with Crippen LogP contribution in [0.5, 0.6) is 0 Å². The Morgan fingerprint density at radius 1 is 1.35 bits per heavy atom. The van der Waals surface area contributed by atoms with Crippen LogP contribution in [0, 0.1) is 17.2 Å². The zero-order valence-electron chi connectivity index (χ0n) is 11.2. The molecule has 1 aromatic carbocycles. The van der Waals surface area contributed by atoms with Gasteiger partial charge in [-0.2, -0.15) is 5.26 Å². The normalized spacial score (nSPS) is 17.4. The van der Waals surface area contributed by atoms with Gasteiger partial charge in [-0.1, -0.05) is 36.7 Å². The summed E-state index contributed by atoms with van der Waals surface area (Å²) in [7, 11) is 0. The smallest absolute Gasteiger partial charge is 0.136 e. The van der Waals surface area contributed by atoms with Crippen molar-refractivity contribution in [2.75, 3.05) is 11.4 Å². The summed E-state index contributed by atoms with van der Waals surface area (Å²) in [4.78, 5) is 6.53. The van der Waals surface area contributed by atoms with Gasteiger partial charge < -0.3 is 4.90 Å². The summed E-state index contributed by atoms with van der Waals surface area (Å²) in [6.07, 6.45) is 1.07. The minimum atomic E-state index is 0.356. The standard InChI is InChI=1S/C16H14ClN3/c1-11-6-13-4-2-3-5-14(13)20(10-11)16-8-12(9-18)7-15(17)19-16/h2-5,7-8,11H,6,10H2,1H3. The molecule has 0 bridgehead atoms. The van der Waals surface area contributed by atoms with Gasteiger partial charge in [0.25, 0.3) is 0 Å². The monoisotopic (exact) mass is 283 g/mol. The molecular weight excluding hydrogens is 270 g/mol. The molecule has 1 aliphatic rings. The first-order valence-electron chi connectivity index (χ1n) is 6.60. The summed E-state index contributed by atoms with van der Waals surface area (Å²) in [6, 6.07) is 13.8. The Morgan fingerprint density at radius 2 is 2.15 bits per heavy atom. The zero-order chi connectivity index (χ0) is 14.1. The van der Waals surface area contributed by atoms with Crippen LogP contribution in [0.15, 0.2) is 36.4 Å². The van der Waals surface area contributed by atoms with Gasteiger partial charge >= 0.3 is 0 Å². The second-order valence-corrected chi connectivity index (χ2v) is 5.58. The lowest BCUT2D eigenvalue weighted by atomic mass is 9.94. The van der Waals surface area contributed by atoms with Gasteiger partial charge in [0.15, 0.2) is 0 Å². The van der Waals surface area contributed by atoms with Gasteiger partial charge in [0.05, 0.1) is 11.6 Å². The van der Waals surface area contributed by atoms with E-state index in [4.69, 9.17) is 16.9 Å². The van der Waals surface area contributed by atoms with Crippen molar-refractivity contribution in [2.24, 2.45) is 5.92 Å². The number of hydrogen-bond donors (Lipinski definition) is 0. The highest BCUT2D eigenvalue weighted by atomic mass is 35.5. The highest BCUT2D eigenvalue weighted by Crippen LogP contribution is 2.35. The number of benzene rings is 1. The van der Waals surface area contributed by atoms with Crippen molar-refractivity contribution in [3.8, 4) is 6.07 Å². The summed E-state index contributed by atoms with van der Waals surface area (Å²) in [5, 5.41) is 9.43. The van der Waals surface area contributed by atoms with Gasteiger partial charge in [0, 0.05) is 12.2 Å². The first-order valence-corrected chi connectivity index (χ1v) is 6.98. The molecule has 3 rings (SSSR count). The SMILES string of the molecule is CC1Cc2ccccc2N(c2cc(C#N)cc(Cl)n2)C1. The van der Waals surface area contributed by atoms with E-state index < -0.39 is 0 Å². The van der Waals surface area contributed by atoms with Crippen LogP contribution in [0.3, 0.4) is 0 Å². The van der Waals surface area contributed by atoms with Gasteiger partial charge in [0.2, 0.25) is 0 Å². The fourth-order valence-corrected chi connectivity index (χ4v) is 2.90. The molecule has 2 aromatic rings. The summed E-state index contributed by atoms with van der Waals surface area (Å²) >= 11 is 6.02. The first-order chi connectivity index (χ1) is 9.67. The van der Waals surface area contributed by atoms with E-state index in [1.807, 2.05) is 6.07 Å². The third-order valence-electron chi connectivity index (χ3n) is 3.53. The fraction of sp³-hybridized carbons (Fsp3) is 0.250. The van der Waals surface area contributed by atoms with Crippen molar-refractivity contribution in [1.82, 2.24) is 4.98 Å². The molecule has 0 aliphatic carbocycles. The maximum atomic E-state index is 9.08. The maximum Gasteiger partial charge on any atom is 0.136 e. The van der Waals surface area contributed by atoms with Crippen molar-refractivity contribution >= 4 is 23.1 Å². The van der Waals surface area contributed by atoms with Crippen molar-refractivity contribution in [3.63, 3.8) is 0 Å². The molecule has 0 fully saturated rings. The van der Waals surface area contributed by atoms with Gasteiger partial charge in [-0.15, -0.1) is 0 Å². The summed E-state index contributed by atoms with van der Waals surface area (Å²) in [6.45, 7) is 3.11. The number of aromatic nitrogens is 1. The fourth-order valence-electron chi connectivity index (χ4n) is 2.70. The predicted molar refractivity (Wildman–Crippen MR) is 80.3 cm³/mol. The highest BCUT2D eigenvalue weighted by molar-refractivity contribution is 6.29. The minimum Gasteiger partial charge on any atom is -0.326 e. The van der Waals surface area contributed by atoms with E-state index in [0.717, 1.165) is 24.5 Å². The molecule has 0 radical (unpaired) electrons. The van der Waals surface area contributed by atoms with Crippen LogP contribution in [0.4, 0.5) is 11.5 Å². The average Bonchev–Trinajstić information content (AvgIpc) is 2.45. The lowest BCUT2D eigenvalue weighted by Gasteiger charge is -2.34. The number of fused-ring (bicyclic) bond motifs is 1. The highest BCUT2D eigenvalue weighted by Gasteiger charge is 2.23. The number of halogens is 1. The molecule has 1 atom stereocenters. The van der Waals surface area contributed by atoms with E-state index >= 15 is 0 Å². The molecule has 0 N–H and O–H groups in total. The van der Waals surface area contributed by atoms with Crippen LogP contribution in [-0.4, -0.2) is 11.5 Å². The van der Waals surface area contributed by atoms with E-state index in [9.17, 15) is 0 Å². The van der Waals surface area contributed by atoms with E-state index in [0.29, 0.717) is 16.6 Å². The Hall–Kier alpha value is -2.05. The molecule has 0 amide bonds. The molecule has 2 heterocycles. The second kappa shape index (κ2) is 5.15. The van der Waals surface area contributed by atoms with Crippen molar-refractivity contribution in [3.05, 3.63) is 52.7 Å². The number of pyridine rings is 1. The minimum absolute atomic E-state index is 0.356. The molecule has 0 spiro atoms. The molecule has 1 aromatic heterocycles. The number of nitrogens with zero attached hydrogens (tertiary/aromatic N) is 3. The number of hydrogen-bond acceptors (Lipinski definition) is 3. The molecule has 20 heavy (non-hydrogen) atoms. The maximum absolute atomic E-state index is 9.08. The topological polar surface area (TPSA) is 39.9 Å². The molecular formula is C16H14ClN3. The Balaban J connectivity index is 2.11. The van der Waals surface area contributed by atoms with Crippen LogP contribution < -0.4 is 4.90 Å². The number of anilines is 2. The lowest BCUT2D eigenvalue weighted by Crippen LogP contribution is -2.31. The Morgan fingerprint density at radius 3 is 2.95 bits per heavy atom. The first kappa shape index (κ1) is 13.0. The van der Waals surface area contributed by atoms with Gasteiger partial charge in [-0.3, -0.25) is 0 Å². The van der Waals surface area contributed by atoms with Crippen LogP contribution in [0.25, 0.3) is 0 Å². The average molecular weight is 284 g/mol. The zero-order valence-corrected chi connectivity index (χ0v) is 11.9. The molecule has 0 saturated carbocycles. The molecule has 0 saturated heterocycles. The Labute approximate surface area is 123 Å². The van der Waals surface area contributed by atoms with Gasteiger partial charge in [-0.05, 0) is 36.1 Å². The van der Waals surface area contributed by atoms with Crippen molar-refractivity contribution in [2.45, 2.75) is 13.3 Å². The largest absolute Gasteiger partial charge is 0.326 e. The molecule has 4 heteroatoms. The second-order valence-electron chi connectivity index (χ2n) is 5.20. The quantitative estimate of drug-likeness (QED) is 0.744. The van der Waals surface area contributed by atoms with Gasteiger partial charge in [-0.25, -0.2) is 4.98 Å². The Kier molecular flexibility index (Phi) is 3.33. The van der Waals surface area contributed by atoms with E-state index in [1.165, 1.54) is 5.56 Å². The molecule has 3 nitrogen and oxygen atoms in total. The number of para-hydroxylation sites is 1. The van der Waals surface area contributed by atoms with Crippen LogP contribution in [-0.2, 0) is 6.42 Å². The summed E-state index contributed by atoms with van der Waals surface area (Å²) in [5.74, 6) is 1.28. The summed E-state index contributed by atoms with van der Waals surface area (Å²) in [5.41, 5.74) is 3.01. The Bertz CT molecular complexity index is 690. The van der Waals surface area contributed by atoms with Crippen molar-refractivity contribution < 1.29 is 0 Å². The summed E-state index contributed by atoms with van der Waals surface area (Å²) < 4.78 is 0.